The van der Waals surface area contributed by atoms with E-state index in [0.717, 1.165) is 5.56 Å². The van der Waals surface area contributed by atoms with Gasteiger partial charge >= 0.3 is 6.09 Å². The molecule has 2 N–H and O–H groups in total. The number of alkyl carbamates (subject to hydrolysis) is 1. The number of nitrogens with one attached hydrogen (secondary N) is 2. The summed E-state index contributed by atoms with van der Waals surface area (Å²) in [6.07, 6.45) is -0.190. The highest BCUT2D eigenvalue weighted by molar-refractivity contribution is 5.86. The van der Waals surface area contributed by atoms with E-state index in [0.29, 0.717) is 6.42 Å². The zero-order valence-electron chi connectivity index (χ0n) is 14.9. The Morgan fingerprint density at radius 1 is 1.04 bits per heavy atom. The first-order valence-corrected chi connectivity index (χ1v) is 7.82. The van der Waals surface area contributed by atoms with Gasteiger partial charge in [0.25, 0.3) is 0 Å². The average molecular weight is 320 g/mol. The first-order chi connectivity index (χ1) is 10.5. The van der Waals surface area contributed by atoms with Gasteiger partial charge in [0.1, 0.15) is 11.6 Å². The molecule has 0 aliphatic carbocycles. The summed E-state index contributed by atoms with van der Waals surface area (Å²) < 4.78 is 5.26. The van der Waals surface area contributed by atoms with Crippen LogP contribution in [0.5, 0.6) is 0 Å². The molecule has 1 atom stereocenters. The van der Waals surface area contributed by atoms with Crippen LogP contribution < -0.4 is 10.6 Å². The third kappa shape index (κ3) is 8.24. The minimum absolute atomic E-state index is 0.229. The molecule has 5 heteroatoms. The molecule has 0 aromatic heterocycles. The number of carbonyl (C=O) groups is 2. The summed E-state index contributed by atoms with van der Waals surface area (Å²) in [7, 11) is 0. The minimum Gasteiger partial charge on any atom is -0.444 e. The van der Waals surface area contributed by atoms with Crippen molar-refractivity contribution >= 4 is 12.0 Å². The smallest absolute Gasteiger partial charge is 0.408 e. The van der Waals surface area contributed by atoms with E-state index in [9.17, 15) is 9.59 Å². The summed E-state index contributed by atoms with van der Waals surface area (Å²) in [5.41, 5.74) is -0.0126. The molecule has 0 saturated heterocycles. The number of rotatable bonds is 4. The summed E-state index contributed by atoms with van der Waals surface area (Å²) in [4.78, 5) is 24.5. The summed E-state index contributed by atoms with van der Waals surface area (Å²) >= 11 is 0. The average Bonchev–Trinajstić information content (AvgIpc) is 2.34. The molecule has 0 bridgehead atoms. The van der Waals surface area contributed by atoms with Crippen molar-refractivity contribution in [3.8, 4) is 0 Å². The molecule has 0 spiro atoms. The van der Waals surface area contributed by atoms with E-state index in [2.05, 4.69) is 10.6 Å². The van der Waals surface area contributed by atoms with Crippen molar-refractivity contribution in [2.24, 2.45) is 0 Å². The lowest BCUT2D eigenvalue weighted by Crippen LogP contribution is -2.53. The molecule has 5 nitrogen and oxygen atoms in total. The molecule has 0 unspecified atom stereocenters. The van der Waals surface area contributed by atoms with Gasteiger partial charge in [-0.1, -0.05) is 30.3 Å². The van der Waals surface area contributed by atoms with Gasteiger partial charge in [0.15, 0.2) is 0 Å². The van der Waals surface area contributed by atoms with Crippen LogP contribution in [0.15, 0.2) is 30.3 Å². The third-order valence-electron chi connectivity index (χ3n) is 2.79. The molecule has 1 aromatic carbocycles. The van der Waals surface area contributed by atoms with Crippen LogP contribution in [-0.4, -0.2) is 29.2 Å². The predicted octanol–water partition coefficient (Wildman–Crippen LogP) is 3.04. The molecule has 0 radical (unpaired) electrons. The van der Waals surface area contributed by atoms with Crippen molar-refractivity contribution in [1.82, 2.24) is 10.6 Å². The van der Waals surface area contributed by atoms with E-state index >= 15 is 0 Å². The van der Waals surface area contributed by atoms with Crippen LogP contribution in [0.2, 0.25) is 0 Å². The fraction of sp³-hybridized carbons (Fsp3) is 0.556. The third-order valence-corrected chi connectivity index (χ3v) is 2.79. The Balaban J connectivity index is 2.83. The Hall–Kier alpha value is -2.04. The lowest BCUT2D eigenvalue weighted by atomic mass is 10.0. The highest BCUT2D eigenvalue weighted by Crippen LogP contribution is 2.09. The van der Waals surface area contributed by atoms with Gasteiger partial charge in [-0.05, 0) is 47.1 Å². The monoisotopic (exact) mass is 320 g/mol. The molecule has 1 aromatic rings. The second kappa shape index (κ2) is 7.49. The van der Waals surface area contributed by atoms with Gasteiger partial charge in [-0.15, -0.1) is 0 Å². The van der Waals surface area contributed by atoms with E-state index < -0.39 is 17.7 Å². The van der Waals surface area contributed by atoms with Crippen LogP contribution in [0, 0.1) is 0 Å². The first kappa shape index (κ1) is 19.0. The summed E-state index contributed by atoms with van der Waals surface area (Å²) in [6, 6.07) is 8.88. The quantitative estimate of drug-likeness (QED) is 0.896. The largest absolute Gasteiger partial charge is 0.444 e. The van der Waals surface area contributed by atoms with Gasteiger partial charge in [-0.3, -0.25) is 4.79 Å². The zero-order chi connectivity index (χ0) is 17.7. The maximum Gasteiger partial charge on any atom is 0.408 e. The van der Waals surface area contributed by atoms with Gasteiger partial charge in [-0.2, -0.15) is 0 Å². The lowest BCUT2D eigenvalue weighted by Gasteiger charge is -2.27. The molecule has 0 saturated carbocycles. The predicted molar refractivity (Wildman–Crippen MR) is 91.2 cm³/mol. The molecule has 23 heavy (non-hydrogen) atoms. The summed E-state index contributed by atoms with van der Waals surface area (Å²) in [5, 5.41) is 5.57. The Bertz CT molecular complexity index is 527. The number of hydrogen-bond donors (Lipinski definition) is 2. The van der Waals surface area contributed by atoms with Gasteiger partial charge in [0, 0.05) is 12.0 Å². The Kier molecular flexibility index (Phi) is 6.19. The maximum atomic E-state index is 12.5. The van der Waals surface area contributed by atoms with E-state index in [4.69, 9.17) is 4.74 Å². The van der Waals surface area contributed by atoms with E-state index in [1.54, 1.807) is 20.8 Å². The van der Waals surface area contributed by atoms with Crippen molar-refractivity contribution in [2.75, 3.05) is 0 Å². The normalized spacial score (nSPS) is 13.1. The molecule has 0 heterocycles. The van der Waals surface area contributed by atoms with Crippen LogP contribution >= 0.6 is 0 Å². The molecule has 1 rings (SSSR count). The molecular weight excluding hydrogens is 292 g/mol. The van der Waals surface area contributed by atoms with E-state index in [1.165, 1.54) is 0 Å². The number of benzene rings is 1. The van der Waals surface area contributed by atoms with Crippen LogP contribution in [0.3, 0.4) is 0 Å². The standard InChI is InChI=1S/C18H28N2O3/c1-17(2,3)20-15(21)14(12-13-10-8-7-9-11-13)19-16(22)23-18(4,5)6/h7-11,14H,12H2,1-6H3,(H,19,22)(H,20,21)/t14-/m0/s1. The Morgan fingerprint density at radius 3 is 2.09 bits per heavy atom. The zero-order valence-corrected chi connectivity index (χ0v) is 14.9. The maximum absolute atomic E-state index is 12.5. The Morgan fingerprint density at radius 2 is 1.61 bits per heavy atom. The van der Waals surface area contributed by atoms with Gasteiger partial charge in [0.2, 0.25) is 5.91 Å². The minimum atomic E-state index is -0.688. The molecule has 2 amide bonds. The highest BCUT2D eigenvalue weighted by Gasteiger charge is 2.27. The molecule has 0 aliphatic rings. The van der Waals surface area contributed by atoms with Crippen molar-refractivity contribution < 1.29 is 14.3 Å². The Labute approximate surface area is 138 Å². The molecular formula is C18H28N2O3. The number of carbonyl (C=O) groups excluding carboxylic acids is 2. The SMILES string of the molecule is CC(C)(C)NC(=O)[C@H](Cc1ccccc1)NC(=O)OC(C)(C)C. The second-order valence-corrected chi connectivity index (χ2v) is 7.63. The topological polar surface area (TPSA) is 67.4 Å². The number of ether oxygens (including phenoxy) is 1. The van der Waals surface area contributed by atoms with E-state index in [1.807, 2.05) is 51.1 Å². The second-order valence-electron chi connectivity index (χ2n) is 7.63. The van der Waals surface area contributed by atoms with Crippen molar-refractivity contribution in [3.63, 3.8) is 0 Å². The van der Waals surface area contributed by atoms with Crippen molar-refractivity contribution in [3.05, 3.63) is 35.9 Å². The molecule has 0 fully saturated rings. The van der Waals surface area contributed by atoms with Crippen LogP contribution in [0.25, 0.3) is 0 Å². The number of hydrogen-bond acceptors (Lipinski definition) is 3. The number of amides is 2. The summed E-state index contributed by atoms with van der Waals surface area (Å²) in [6.45, 7) is 11.1. The van der Waals surface area contributed by atoms with Gasteiger partial charge in [-0.25, -0.2) is 4.79 Å². The van der Waals surface area contributed by atoms with Crippen LogP contribution in [0.4, 0.5) is 4.79 Å². The van der Waals surface area contributed by atoms with Crippen molar-refractivity contribution in [1.29, 1.82) is 0 Å². The first-order valence-electron chi connectivity index (χ1n) is 7.82. The molecule has 128 valence electrons. The van der Waals surface area contributed by atoms with Crippen LogP contribution in [-0.2, 0) is 16.0 Å². The summed E-state index contributed by atoms with van der Waals surface area (Å²) in [5.74, 6) is -0.229. The fourth-order valence-corrected chi connectivity index (χ4v) is 1.97. The molecule has 0 aliphatic heterocycles. The van der Waals surface area contributed by atoms with Gasteiger partial charge in [0.05, 0.1) is 0 Å². The lowest BCUT2D eigenvalue weighted by molar-refractivity contribution is -0.124. The van der Waals surface area contributed by atoms with Crippen LogP contribution in [0.1, 0.15) is 47.1 Å². The van der Waals surface area contributed by atoms with Crippen molar-refractivity contribution in [2.45, 2.75) is 65.1 Å². The highest BCUT2D eigenvalue weighted by atomic mass is 16.6. The van der Waals surface area contributed by atoms with E-state index in [-0.39, 0.29) is 11.4 Å². The fourth-order valence-electron chi connectivity index (χ4n) is 1.97. The van der Waals surface area contributed by atoms with Gasteiger partial charge < -0.3 is 15.4 Å².